The Morgan fingerprint density at radius 1 is 1.50 bits per heavy atom. The maximum Gasteiger partial charge on any atom is 0.308 e. The Kier molecular flexibility index (Phi) is 8.27. The first-order valence-electron chi connectivity index (χ1n) is 5.72. The molecule has 106 valence electrons. The molecule has 0 aromatic carbocycles. The number of carbonyl (C=O) groups excluding carboxylic acids is 1. The van der Waals surface area contributed by atoms with Crippen LogP contribution in [0.2, 0.25) is 0 Å². The second kappa shape index (κ2) is 8.84. The number of carboxylic acids is 1. The van der Waals surface area contributed by atoms with Gasteiger partial charge in [-0.25, -0.2) is 0 Å². The fourth-order valence-corrected chi connectivity index (χ4v) is 1.34. The van der Waals surface area contributed by atoms with Gasteiger partial charge in [-0.1, -0.05) is 0 Å². The van der Waals surface area contributed by atoms with Crippen molar-refractivity contribution in [2.75, 3.05) is 6.61 Å². The van der Waals surface area contributed by atoms with Crippen molar-refractivity contribution in [1.29, 1.82) is 0 Å². The fourth-order valence-electron chi connectivity index (χ4n) is 1.34. The highest BCUT2D eigenvalue weighted by molar-refractivity contribution is 5.70. The fraction of sp³-hybridized carbons (Fsp3) is 0.818. The van der Waals surface area contributed by atoms with E-state index in [1.54, 1.807) is 0 Å². The van der Waals surface area contributed by atoms with Gasteiger partial charge in [0, 0.05) is 6.42 Å². The topological polar surface area (TPSA) is 124 Å². The van der Waals surface area contributed by atoms with Gasteiger partial charge in [0.1, 0.15) is 0 Å². The van der Waals surface area contributed by atoms with Gasteiger partial charge in [-0.15, -0.1) is 0 Å². The standard InChI is InChI=1S/C6H12O4.C5H8O3/c1-4(7)2-5(8)3-6(9)10;6-4-1-2-8-5(7)3-4/h4-5,7-8H,2-3H2,1H3,(H,9,10);4,6H,1-3H2/t4-,5-;4-/m11/s1. The molecule has 0 bridgehead atoms. The zero-order valence-electron chi connectivity index (χ0n) is 10.3. The molecule has 0 saturated carbocycles. The van der Waals surface area contributed by atoms with Gasteiger partial charge in [-0.3, -0.25) is 9.59 Å². The molecule has 0 aromatic heterocycles. The minimum absolute atomic E-state index is 0.117. The summed E-state index contributed by atoms with van der Waals surface area (Å²) in [6, 6.07) is 0. The van der Waals surface area contributed by atoms with Crippen LogP contribution in [0.15, 0.2) is 0 Å². The maximum atomic E-state index is 10.3. The van der Waals surface area contributed by atoms with E-state index in [-0.39, 0.29) is 25.2 Å². The number of ether oxygens (including phenoxy) is 1. The average molecular weight is 264 g/mol. The number of cyclic esters (lactones) is 1. The van der Waals surface area contributed by atoms with E-state index in [1.807, 2.05) is 0 Å². The normalized spacial score (nSPS) is 22.2. The predicted octanol–water partition coefficient (Wildman–Crippen LogP) is -0.723. The van der Waals surface area contributed by atoms with E-state index in [2.05, 4.69) is 4.74 Å². The van der Waals surface area contributed by atoms with E-state index in [9.17, 15) is 9.59 Å². The van der Waals surface area contributed by atoms with Crippen LogP contribution in [0, 0.1) is 0 Å². The number of aliphatic hydroxyl groups excluding tert-OH is 3. The highest BCUT2D eigenvalue weighted by atomic mass is 16.5. The molecule has 1 heterocycles. The van der Waals surface area contributed by atoms with Gasteiger partial charge in [-0.05, 0) is 13.3 Å². The number of esters is 1. The molecule has 0 unspecified atom stereocenters. The number of carbonyl (C=O) groups is 2. The van der Waals surface area contributed by atoms with Gasteiger partial charge < -0.3 is 25.2 Å². The maximum absolute atomic E-state index is 10.3. The minimum Gasteiger partial charge on any atom is -0.481 e. The third-order valence-corrected chi connectivity index (χ3v) is 2.14. The number of hydrogen-bond acceptors (Lipinski definition) is 6. The molecule has 18 heavy (non-hydrogen) atoms. The van der Waals surface area contributed by atoms with Crippen LogP contribution in [-0.4, -0.2) is 57.3 Å². The SMILES string of the molecule is C[C@@H](O)C[C@@H](O)CC(=O)O.O=C1C[C@H](O)CCO1. The molecule has 1 aliphatic rings. The number of carboxylic acid groups (broad SMARTS) is 1. The van der Waals surface area contributed by atoms with Crippen LogP contribution >= 0.6 is 0 Å². The van der Waals surface area contributed by atoms with Gasteiger partial charge in [0.25, 0.3) is 0 Å². The summed E-state index contributed by atoms with van der Waals surface area (Å²) in [5.41, 5.74) is 0. The Morgan fingerprint density at radius 3 is 2.44 bits per heavy atom. The van der Waals surface area contributed by atoms with Crippen molar-refractivity contribution in [3.05, 3.63) is 0 Å². The third-order valence-electron chi connectivity index (χ3n) is 2.14. The van der Waals surface area contributed by atoms with Gasteiger partial charge >= 0.3 is 11.9 Å². The quantitative estimate of drug-likeness (QED) is 0.494. The molecule has 0 amide bonds. The van der Waals surface area contributed by atoms with E-state index < -0.39 is 24.3 Å². The zero-order chi connectivity index (χ0) is 14.1. The minimum atomic E-state index is -1.05. The van der Waals surface area contributed by atoms with E-state index in [4.69, 9.17) is 20.4 Å². The van der Waals surface area contributed by atoms with Gasteiger partial charge in [0.15, 0.2) is 0 Å². The Balaban J connectivity index is 0.000000327. The van der Waals surface area contributed by atoms with Crippen molar-refractivity contribution >= 4 is 11.9 Å². The van der Waals surface area contributed by atoms with Crippen LogP contribution in [0.25, 0.3) is 0 Å². The number of rotatable bonds is 4. The molecule has 1 rings (SSSR count). The summed E-state index contributed by atoms with van der Waals surface area (Å²) < 4.78 is 4.55. The van der Waals surface area contributed by atoms with Crippen molar-refractivity contribution in [2.45, 2.75) is 50.9 Å². The lowest BCUT2D eigenvalue weighted by atomic mass is 10.1. The molecule has 0 aliphatic carbocycles. The summed E-state index contributed by atoms with van der Waals surface area (Å²) in [6.45, 7) is 1.88. The summed E-state index contributed by atoms with van der Waals surface area (Å²) in [4.78, 5) is 20.2. The lowest BCUT2D eigenvalue weighted by molar-refractivity contribution is -0.151. The van der Waals surface area contributed by atoms with Crippen LogP contribution in [0.1, 0.15) is 32.6 Å². The van der Waals surface area contributed by atoms with Crippen LogP contribution in [-0.2, 0) is 14.3 Å². The molecule has 7 heteroatoms. The Bertz CT molecular complexity index is 264. The smallest absolute Gasteiger partial charge is 0.308 e. The summed E-state index contributed by atoms with van der Waals surface area (Å²) in [7, 11) is 0. The zero-order valence-corrected chi connectivity index (χ0v) is 10.3. The number of aliphatic hydroxyl groups is 3. The lowest BCUT2D eigenvalue weighted by Crippen LogP contribution is -2.24. The van der Waals surface area contributed by atoms with Crippen molar-refractivity contribution in [1.82, 2.24) is 0 Å². The molecule has 0 aromatic rings. The van der Waals surface area contributed by atoms with E-state index in [1.165, 1.54) is 6.92 Å². The van der Waals surface area contributed by atoms with Crippen LogP contribution in [0.5, 0.6) is 0 Å². The van der Waals surface area contributed by atoms with E-state index in [0.29, 0.717) is 13.0 Å². The van der Waals surface area contributed by atoms with Crippen molar-refractivity contribution in [3.63, 3.8) is 0 Å². The van der Waals surface area contributed by atoms with Gasteiger partial charge in [0.05, 0.1) is 37.8 Å². The summed E-state index contributed by atoms with van der Waals surface area (Å²) in [5, 5.41) is 34.5. The first-order valence-corrected chi connectivity index (χ1v) is 5.72. The summed E-state index contributed by atoms with van der Waals surface area (Å²) >= 11 is 0. The summed E-state index contributed by atoms with van der Waals surface area (Å²) in [6.07, 6.45) is -1.47. The molecule has 0 spiro atoms. The lowest BCUT2D eigenvalue weighted by Gasteiger charge is -2.15. The highest BCUT2D eigenvalue weighted by Gasteiger charge is 2.17. The third kappa shape index (κ3) is 10.0. The molecular formula is C11H20O7. The van der Waals surface area contributed by atoms with Crippen LogP contribution in [0.3, 0.4) is 0 Å². The number of aliphatic carboxylic acids is 1. The highest BCUT2D eigenvalue weighted by Crippen LogP contribution is 2.06. The van der Waals surface area contributed by atoms with Crippen molar-refractivity contribution in [3.8, 4) is 0 Å². The Labute approximate surface area is 105 Å². The molecule has 0 radical (unpaired) electrons. The Morgan fingerprint density at radius 2 is 2.11 bits per heavy atom. The molecule has 7 nitrogen and oxygen atoms in total. The second-order valence-electron chi connectivity index (χ2n) is 4.20. The van der Waals surface area contributed by atoms with Crippen LogP contribution < -0.4 is 0 Å². The molecule has 4 N–H and O–H groups in total. The molecular weight excluding hydrogens is 244 g/mol. The van der Waals surface area contributed by atoms with Crippen LogP contribution in [0.4, 0.5) is 0 Å². The van der Waals surface area contributed by atoms with Gasteiger partial charge in [-0.2, -0.15) is 0 Å². The molecule has 1 saturated heterocycles. The molecule has 1 aliphatic heterocycles. The molecule has 1 fully saturated rings. The van der Waals surface area contributed by atoms with Crippen molar-refractivity contribution < 1.29 is 34.8 Å². The number of hydrogen-bond donors (Lipinski definition) is 4. The largest absolute Gasteiger partial charge is 0.481 e. The average Bonchev–Trinajstić information content (AvgIpc) is 2.14. The van der Waals surface area contributed by atoms with Gasteiger partial charge in [0.2, 0.25) is 0 Å². The predicted molar refractivity (Wildman–Crippen MR) is 60.8 cm³/mol. The second-order valence-corrected chi connectivity index (χ2v) is 4.20. The molecule has 3 atom stereocenters. The first-order chi connectivity index (χ1) is 8.31. The first kappa shape index (κ1) is 16.8. The summed E-state index contributed by atoms with van der Waals surface area (Å²) in [5.74, 6) is -1.34. The Hall–Kier alpha value is -1.18. The van der Waals surface area contributed by atoms with E-state index in [0.717, 1.165) is 0 Å². The van der Waals surface area contributed by atoms with Crippen molar-refractivity contribution in [2.24, 2.45) is 0 Å². The monoisotopic (exact) mass is 264 g/mol. The van der Waals surface area contributed by atoms with E-state index >= 15 is 0 Å².